The van der Waals surface area contributed by atoms with Gasteiger partial charge in [-0.25, -0.2) is 0 Å². The fourth-order valence-electron chi connectivity index (χ4n) is 3.96. The number of nitrogens with one attached hydrogen (secondary N) is 2. The van der Waals surface area contributed by atoms with Crippen molar-refractivity contribution in [3.63, 3.8) is 0 Å². The van der Waals surface area contributed by atoms with E-state index in [0.29, 0.717) is 0 Å². The number of aryl methyl sites for hydroxylation is 2. The van der Waals surface area contributed by atoms with E-state index in [9.17, 15) is 0 Å². The van der Waals surface area contributed by atoms with E-state index >= 15 is 0 Å². The van der Waals surface area contributed by atoms with Crippen LogP contribution in [-0.2, 0) is 0 Å². The lowest BCUT2D eigenvalue weighted by Crippen LogP contribution is -2.00. The zero-order valence-corrected chi connectivity index (χ0v) is 17.2. The van der Waals surface area contributed by atoms with E-state index in [1.54, 1.807) is 0 Å². The maximum atomic E-state index is 3.70. The SMILES string of the molecule is Cc1ccc(Nc2c(Nc3ccc(C)cc3)c3ccccc3c3ccccc23)cc1. The molecule has 2 N–H and O–H groups in total. The Morgan fingerprint density at radius 1 is 0.400 bits per heavy atom. The van der Waals surface area contributed by atoms with Crippen LogP contribution in [0.25, 0.3) is 21.5 Å². The Bertz CT molecular complexity index is 1230. The summed E-state index contributed by atoms with van der Waals surface area (Å²) < 4.78 is 0. The predicted molar refractivity (Wildman–Crippen MR) is 130 cm³/mol. The maximum Gasteiger partial charge on any atom is 0.0709 e. The molecule has 2 nitrogen and oxygen atoms in total. The maximum absolute atomic E-state index is 3.70. The van der Waals surface area contributed by atoms with Crippen molar-refractivity contribution >= 4 is 44.3 Å². The molecule has 5 aromatic rings. The molecule has 0 spiro atoms. The number of anilines is 4. The molecular weight excluding hydrogens is 364 g/mol. The van der Waals surface area contributed by atoms with Crippen LogP contribution in [0.5, 0.6) is 0 Å². The van der Waals surface area contributed by atoms with Crippen LogP contribution in [0.3, 0.4) is 0 Å². The molecule has 0 amide bonds. The van der Waals surface area contributed by atoms with Crippen molar-refractivity contribution in [3.05, 3.63) is 108 Å². The molecule has 0 aromatic heterocycles. The van der Waals surface area contributed by atoms with Crippen molar-refractivity contribution in [2.24, 2.45) is 0 Å². The van der Waals surface area contributed by atoms with Gasteiger partial charge in [-0.05, 0) is 48.9 Å². The number of rotatable bonds is 4. The van der Waals surface area contributed by atoms with Crippen molar-refractivity contribution in [3.8, 4) is 0 Å². The third kappa shape index (κ3) is 3.37. The lowest BCUT2D eigenvalue weighted by Gasteiger charge is -2.20. The minimum Gasteiger partial charge on any atom is -0.353 e. The van der Waals surface area contributed by atoms with Gasteiger partial charge < -0.3 is 10.6 Å². The van der Waals surface area contributed by atoms with E-state index in [4.69, 9.17) is 0 Å². The van der Waals surface area contributed by atoms with Crippen LogP contribution in [0.1, 0.15) is 11.1 Å². The molecule has 146 valence electrons. The molecule has 5 aromatic carbocycles. The number of benzene rings is 5. The van der Waals surface area contributed by atoms with Gasteiger partial charge in [0.1, 0.15) is 0 Å². The van der Waals surface area contributed by atoms with E-state index in [-0.39, 0.29) is 0 Å². The molecule has 2 heteroatoms. The van der Waals surface area contributed by atoms with Gasteiger partial charge >= 0.3 is 0 Å². The van der Waals surface area contributed by atoms with Gasteiger partial charge in [-0.2, -0.15) is 0 Å². The second-order valence-electron chi connectivity index (χ2n) is 7.82. The van der Waals surface area contributed by atoms with Gasteiger partial charge in [0.15, 0.2) is 0 Å². The van der Waals surface area contributed by atoms with Gasteiger partial charge in [0.05, 0.1) is 11.4 Å². The highest BCUT2D eigenvalue weighted by Crippen LogP contribution is 2.42. The van der Waals surface area contributed by atoms with Gasteiger partial charge in [0.2, 0.25) is 0 Å². The summed E-state index contributed by atoms with van der Waals surface area (Å²) in [5, 5.41) is 12.3. The lowest BCUT2D eigenvalue weighted by molar-refractivity contribution is 1.45. The molecule has 0 saturated carbocycles. The first-order valence-corrected chi connectivity index (χ1v) is 10.3. The third-order valence-corrected chi connectivity index (χ3v) is 5.57. The summed E-state index contributed by atoms with van der Waals surface area (Å²) >= 11 is 0. The summed E-state index contributed by atoms with van der Waals surface area (Å²) in [5.74, 6) is 0. The molecule has 0 aliphatic carbocycles. The minimum atomic E-state index is 1.08. The van der Waals surface area contributed by atoms with Crippen LogP contribution >= 0.6 is 0 Å². The first kappa shape index (κ1) is 18.3. The van der Waals surface area contributed by atoms with Crippen molar-refractivity contribution in [2.75, 3.05) is 10.6 Å². The summed E-state index contributed by atoms with van der Waals surface area (Å²) in [6.45, 7) is 4.22. The highest BCUT2D eigenvalue weighted by atomic mass is 15.0. The summed E-state index contributed by atoms with van der Waals surface area (Å²) in [6.07, 6.45) is 0. The number of fused-ring (bicyclic) bond motifs is 3. The quantitative estimate of drug-likeness (QED) is 0.240. The molecular formula is C28H24N2. The molecule has 0 aliphatic heterocycles. The van der Waals surface area contributed by atoms with Crippen molar-refractivity contribution in [1.82, 2.24) is 0 Å². The second-order valence-corrected chi connectivity index (χ2v) is 7.82. The largest absolute Gasteiger partial charge is 0.353 e. The molecule has 0 heterocycles. The van der Waals surface area contributed by atoms with E-state index in [1.165, 1.54) is 32.7 Å². The Labute approximate surface area is 177 Å². The molecule has 0 unspecified atom stereocenters. The summed E-state index contributed by atoms with van der Waals surface area (Å²) in [7, 11) is 0. The molecule has 0 fully saturated rings. The van der Waals surface area contributed by atoms with Crippen LogP contribution < -0.4 is 10.6 Å². The Morgan fingerprint density at radius 2 is 0.733 bits per heavy atom. The molecule has 0 atom stereocenters. The van der Waals surface area contributed by atoms with E-state index < -0.39 is 0 Å². The molecule has 0 radical (unpaired) electrons. The molecule has 5 rings (SSSR count). The van der Waals surface area contributed by atoms with E-state index in [2.05, 4.69) is 122 Å². The average molecular weight is 389 g/mol. The third-order valence-electron chi connectivity index (χ3n) is 5.57. The fourth-order valence-corrected chi connectivity index (χ4v) is 3.96. The molecule has 30 heavy (non-hydrogen) atoms. The predicted octanol–water partition coefficient (Wildman–Crippen LogP) is 8.10. The van der Waals surface area contributed by atoms with Gasteiger partial charge in [-0.3, -0.25) is 0 Å². The van der Waals surface area contributed by atoms with Crippen molar-refractivity contribution < 1.29 is 0 Å². The Hall–Kier alpha value is -3.78. The van der Waals surface area contributed by atoms with Crippen LogP contribution in [0, 0.1) is 13.8 Å². The zero-order valence-electron chi connectivity index (χ0n) is 17.2. The number of hydrogen-bond acceptors (Lipinski definition) is 2. The van der Waals surface area contributed by atoms with Gasteiger partial charge in [0, 0.05) is 22.1 Å². The summed E-state index contributed by atoms with van der Waals surface area (Å²) in [5.41, 5.74) is 6.84. The lowest BCUT2D eigenvalue weighted by atomic mass is 9.97. The van der Waals surface area contributed by atoms with Crippen LogP contribution in [0.4, 0.5) is 22.7 Å². The molecule has 0 aliphatic rings. The Kier molecular flexibility index (Phi) is 4.61. The summed E-state index contributed by atoms with van der Waals surface area (Å²) in [4.78, 5) is 0. The first-order chi connectivity index (χ1) is 14.7. The average Bonchev–Trinajstić information content (AvgIpc) is 2.79. The molecule has 0 saturated heterocycles. The smallest absolute Gasteiger partial charge is 0.0709 e. The molecule has 0 bridgehead atoms. The number of hydrogen-bond donors (Lipinski definition) is 2. The highest BCUT2D eigenvalue weighted by molar-refractivity contribution is 6.21. The Morgan fingerprint density at radius 3 is 1.10 bits per heavy atom. The van der Waals surface area contributed by atoms with Crippen LogP contribution in [0.15, 0.2) is 97.1 Å². The van der Waals surface area contributed by atoms with Crippen molar-refractivity contribution in [2.45, 2.75) is 13.8 Å². The normalized spacial score (nSPS) is 11.0. The second kappa shape index (κ2) is 7.57. The zero-order chi connectivity index (χ0) is 20.5. The van der Waals surface area contributed by atoms with Crippen LogP contribution in [0.2, 0.25) is 0 Å². The van der Waals surface area contributed by atoms with E-state index in [0.717, 1.165) is 22.7 Å². The first-order valence-electron chi connectivity index (χ1n) is 10.3. The van der Waals surface area contributed by atoms with Gasteiger partial charge in [-0.15, -0.1) is 0 Å². The Balaban J connectivity index is 1.77. The van der Waals surface area contributed by atoms with Gasteiger partial charge in [-0.1, -0.05) is 83.9 Å². The van der Waals surface area contributed by atoms with Gasteiger partial charge in [0.25, 0.3) is 0 Å². The van der Waals surface area contributed by atoms with E-state index in [1.807, 2.05) is 0 Å². The standard InChI is InChI=1S/C28H24N2/c1-19-11-15-21(16-12-19)29-27-25-9-5-3-7-23(25)24-8-4-6-10-26(24)28(27)30-22-17-13-20(2)14-18-22/h3-18,29-30H,1-2H3. The monoisotopic (exact) mass is 388 g/mol. The van der Waals surface area contributed by atoms with Crippen LogP contribution in [-0.4, -0.2) is 0 Å². The summed E-state index contributed by atoms with van der Waals surface area (Å²) in [6, 6.07) is 34.3. The van der Waals surface area contributed by atoms with Crippen molar-refractivity contribution in [1.29, 1.82) is 0 Å². The topological polar surface area (TPSA) is 24.1 Å². The fraction of sp³-hybridized carbons (Fsp3) is 0.0714. The highest BCUT2D eigenvalue weighted by Gasteiger charge is 2.15. The minimum absolute atomic E-state index is 1.08.